The van der Waals surface area contributed by atoms with Gasteiger partial charge in [-0.15, -0.1) is 0 Å². The first-order valence-corrected chi connectivity index (χ1v) is 2.45. The highest BCUT2D eigenvalue weighted by molar-refractivity contribution is 7.66. The molecule has 0 unspecified atom stereocenters. The van der Waals surface area contributed by atoms with Gasteiger partial charge >= 0.3 is 6.16 Å². The molecule has 0 saturated heterocycles. The van der Waals surface area contributed by atoms with Crippen molar-refractivity contribution in [2.24, 2.45) is 0 Å². The predicted molar refractivity (Wildman–Crippen MR) is 27.9 cm³/mol. The maximum absolute atomic E-state index is 9.66. The van der Waals surface area contributed by atoms with Crippen LogP contribution in [0.15, 0.2) is 0 Å². The zero-order valence-electron chi connectivity index (χ0n) is 4.08. The number of ether oxygens (including phenoxy) is 1. The number of hydrogen-bond donors (Lipinski definition) is 1. The number of rotatable bonds is 0. The summed E-state index contributed by atoms with van der Waals surface area (Å²) in [6, 6.07) is 0. The number of hydrogen-bond acceptors (Lipinski definition) is 3. The Labute approximate surface area is 49.1 Å². The summed E-state index contributed by atoms with van der Waals surface area (Å²) < 4.78 is 13.5. The Bertz CT molecular complexity index is 145. The van der Waals surface area contributed by atoms with Crippen LogP contribution in [0.25, 0.3) is 0 Å². The van der Waals surface area contributed by atoms with E-state index < -0.39 is 6.16 Å². The largest absolute Gasteiger partial charge is 0.511 e. The molecule has 0 radical (unpaired) electrons. The molecule has 0 saturated carbocycles. The normalized spacial score (nSPS) is 7.62. The van der Waals surface area contributed by atoms with Crippen molar-refractivity contribution in [3.05, 3.63) is 0 Å². The average molecular weight is 136 g/mol. The highest BCUT2D eigenvalue weighted by atomic mass is 32.1. The van der Waals surface area contributed by atoms with Crippen molar-refractivity contribution in [2.45, 2.75) is 6.92 Å². The first kappa shape index (κ1) is 7.16. The zero-order chi connectivity index (χ0) is 6.57. The van der Waals surface area contributed by atoms with E-state index in [4.69, 9.17) is 5.11 Å². The van der Waals surface area contributed by atoms with Gasteiger partial charge in [-0.25, -0.2) is 9.00 Å². The zero-order valence-corrected chi connectivity index (χ0v) is 4.90. The summed E-state index contributed by atoms with van der Waals surface area (Å²) in [6.07, 6.45) is -1.45. The molecule has 0 aliphatic rings. The lowest BCUT2D eigenvalue weighted by Gasteiger charge is -1.89. The third-order valence-electron chi connectivity index (χ3n) is 0.348. The maximum atomic E-state index is 9.66. The fourth-order valence-electron chi connectivity index (χ4n) is 0.140. The van der Waals surface area contributed by atoms with Gasteiger partial charge in [-0.2, -0.15) is 0 Å². The van der Waals surface area contributed by atoms with Gasteiger partial charge in [0.2, 0.25) is 5.05 Å². The van der Waals surface area contributed by atoms with Gasteiger partial charge in [0.25, 0.3) is 0 Å². The van der Waals surface area contributed by atoms with Crippen molar-refractivity contribution in [1.82, 2.24) is 0 Å². The number of carboxylic acid groups (broad SMARTS) is 1. The van der Waals surface area contributed by atoms with Crippen molar-refractivity contribution in [1.29, 1.82) is 0 Å². The summed E-state index contributed by atoms with van der Waals surface area (Å²) in [5.41, 5.74) is 0. The topological polar surface area (TPSA) is 63.6 Å². The van der Waals surface area contributed by atoms with Crippen LogP contribution in [0.4, 0.5) is 4.79 Å². The van der Waals surface area contributed by atoms with Crippen LogP contribution in [0.2, 0.25) is 0 Å². The minimum atomic E-state index is -1.45. The van der Waals surface area contributed by atoms with E-state index in [0.29, 0.717) is 0 Å². The van der Waals surface area contributed by atoms with Crippen molar-refractivity contribution in [3.8, 4) is 0 Å². The van der Waals surface area contributed by atoms with Crippen LogP contribution in [0.5, 0.6) is 0 Å². The Kier molecular flexibility index (Phi) is 2.86. The lowest BCUT2D eigenvalue weighted by molar-refractivity contribution is 0.141. The Morgan fingerprint density at radius 2 is 2.25 bits per heavy atom. The van der Waals surface area contributed by atoms with Crippen molar-refractivity contribution in [2.75, 3.05) is 0 Å². The van der Waals surface area contributed by atoms with Crippen LogP contribution >= 0.6 is 0 Å². The van der Waals surface area contributed by atoms with Crippen molar-refractivity contribution >= 4 is 22.5 Å². The lowest BCUT2D eigenvalue weighted by Crippen LogP contribution is -2.04. The maximum Gasteiger partial charge on any atom is 0.511 e. The molecule has 5 heteroatoms. The summed E-state index contributed by atoms with van der Waals surface area (Å²) in [4.78, 5) is 9.57. The first-order valence-electron chi connectivity index (χ1n) is 1.71. The molecular weight excluding hydrogens is 132 g/mol. The van der Waals surface area contributed by atoms with Crippen molar-refractivity contribution < 1.29 is 18.8 Å². The molecule has 0 spiro atoms. The molecule has 0 bridgehead atoms. The van der Waals surface area contributed by atoms with Crippen LogP contribution < -0.4 is 0 Å². The van der Waals surface area contributed by atoms with Crippen molar-refractivity contribution in [3.63, 3.8) is 0 Å². The van der Waals surface area contributed by atoms with Gasteiger partial charge < -0.3 is 9.84 Å². The SMILES string of the molecule is CC(OC(=O)O)=S=O. The Balaban J connectivity index is 3.74. The predicted octanol–water partition coefficient (Wildman–Crippen LogP) is 0.0438. The second-order valence-corrected chi connectivity index (χ2v) is 1.68. The lowest BCUT2D eigenvalue weighted by atomic mass is 10.9. The molecule has 0 aromatic rings. The molecule has 0 aromatic heterocycles. The van der Waals surface area contributed by atoms with E-state index in [0.717, 1.165) is 0 Å². The van der Waals surface area contributed by atoms with Crippen LogP contribution in [-0.4, -0.2) is 20.5 Å². The molecule has 0 atom stereocenters. The minimum Gasteiger partial charge on any atom is -0.449 e. The molecule has 0 fully saturated rings. The Morgan fingerprint density at radius 1 is 1.75 bits per heavy atom. The second-order valence-electron chi connectivity index (χ2n) is 0.943. The van der Waals surface area contributed by atoms with E-state index in [1.807, 2.05) is 0 Å². The second kappa shape index (κ2) is 3.20. The molecule has 46 valence electrons. The summed E-state index contributed by atoms with van der Waals surface area (Å²) >= 11 is 0.0167. The van der Waals surface area contributed by atoms with Gasteiger partial charge in [0.1, 0.15) is 11.3 Å². The van der Waals surface area contributed by atoms with Gasteiger partial charge in [-0.05, 0) is 0 Å². The van der Waals surface area contributed by atoms with E-state index >= 15 is 0 Å². The van der Waals surface area contributed by atoms with Gasteiger partial charge in [0.15, 0.2) is 0 Å². The minimum absolute atomic E-state index is 0.0167. The molecule has 0 rings (SSSR count). The van der Waals surface area contributed by atoms with E-state index in [-0.39, 0.29) is 16.3 Å². The first-order chi connectivity index (χ1) is 3.66. The Morgan fingerprint density at radius 3 is 2.38 bits per heavy atom. The molecule has 0 aliphatic carbocycles. The molecule has 0 aromatic carbocycles. The van der Waals surface area contributed by atoms with Crippen LogP contribution in [-0.2, 0) is 16.0 Å². The molecular formula is C3H4O4S. The quantitative estimate of drug-likeness (QED) is 0.377. The molecule has 0 aliphatic heterocycles. The molecule has 4 nitrogen and oxygen atoms in total. The van der Waals surface area contributed by atoms with Crippen LogP contribution in [0.3, 0.4) is 0 Å². The highest BCUT2D eigenvalue weighted by Gasteiger charge is 1.96. The van der Waals surface area contributed by atoms with Gasteiger partial charge in [-0.1, -0.05) is 0 Å². The van der Waals surface area contributed by atoms with Crippen LogP contribution in [0, 0.1) is 0 Å². The van der Waals surface area contributed by atoms with Gasteiger partial charge in [-0.3, -0.25) is 0 Å². The monoisotopic (exact) mass is 136 g/mol. The summed E-state index contributed by atoms with van der Waals surface area (Å²) in [5.74, 6) is 0. The molecule has 1 N–H and O–H groups in total. The Hall–Kier alpha value is -0.840. The van der Waals surface area contributed by atoms with E-state index in [9.17, 15) is 9.00 Å². The van der Waals surface area contributed by atoms with Crippen LogP contribution in [0.1, 0.15) is 6.92 Å². The van der Waals surface area contributed by atoms with E-state index in [2.05, 4.69) is 4.74 Å². The fourth-order valence-corrected chi connectivity index (χ4v) is 0.245. The fraction of sp³-hybridized carbons (Fsp3) is 0.333. The summed E-state index contributed by atoms with van der Waals surface area (Å²) in [7, 11) is 0. The summed E-state index contributed by atoms with van der Waals surface area (Å²) in [5, 5.41) is 7.71. The third kappa shape index (κ3) is 3.35. The average Bonchev–Trinajstić information content (AvgIpc) is 1.65. The van der Waals surface area contributed by atoms with Gasteiger partial charge in [0.05, 0.1) is 0 Å². The van der Waals surface area contributed by atoms with E-state index in [1.54, 1.807) is 0 Å². The van der Waals surface area contributed by atoms with Gasteiger partial charge in [0, 0.05) is 6.92 Å². The molecule has 0 amide bonds. The smallest absolute Gasteiger partial charge is 0.449 e. The molecule has 8 heavy (non-hydrogen) atoms. The summed E-state index contributed by atoms with van der Waals surface area (Å²) in [6.45, 7) is 1.28. The standard InChI is InChI=1S/C3H4O4S/c1-2(8-6)7-3(4)5/h1H3,(H,4,5). The number of carbonyl (C=O) groups is 1. The molecule has 0 heterocycles. The highest BCUT2D eigenvalue weighted by Crippen LogP contribution is 1.75. The van der Waals surface area contributed by atoms with E-state index in [1.165, 1.54) is 6.92 Å². The third-order valence-corrected chi connectivity index (χ3v) is 0.666.